The second-order valence-corrected chi connectivity index (χ2v) is 7.98. The number of carbonyl (C=O) groups is 2. The van der Waals surface area contributed by atoms with Gasteiger partial charge in [0.25, 0.3) is 0 Å². The molecule has 2 aromatic carbocycles. The topological polar surface area (TPSA) is 92.8 Å². The van der Waals surface area contributed by atoms with Crippen molar-refractivity contribution in [2.45, 2.75) is 13.5 Å². The fourth-order valence-electron chi connectivity index (χ4n) is 2.49. The Morgan fingerprint density at radius 1 is 1.11 bits per heavy atom. The van der Waals surface area contributed by atoms with E-state index in [0.717, 1.165) is 21.7 Å². The lowest BCUT2D eigenvalue weighted by molar-refractivity contribution is -0.119. The van der Waals surface area contributed by atoms with Gasteiger partial charge in [0, 0.05) is 6.54 Å². The molecule has 2 rings (SSSR count). The minimum Gasteiger partial charge on any atom is -0.465 e. The van der Waals surface area contributed by atoms with Gasteiger partial charge < -0.3 is 10.1 Å². The molecule has 0 aliphatic rings. The van der Waals surface area contributed by atoms with E-state index >= 15 is 0 Å². The Morgan fingerprint density at radius 3 is 2.33 bits per heavy atom. The van der Waals surface area contributed by atoms with E-state index in [1.807, 2.05) is 31.2 Å². The molecule has 1 amide bonds. The van der Waals surface area contributed by atoms with Crippen LogP contribution in [0.2, 0.25) is 0 Å². The summed E-state index contributed by atoms with van der Waals surface area (Å²) in [5.74, 6) is -0.956. The van der Waals surface area contributed by atoms with Gasteiger partial charge >= 0.3 is 5.97 Å². The first-order chi connectivity index (χ1) is 12.7. The Bertz CT molecular complexity index is 923. The smallest absolute Gasteiger partial charge is 0.337 e. The summed E-state index contributed by atoms with van der Waals surface area (Å²) >= 11 is 0. The quantitative estimate of drug-likeness (QED) is 0.729. The number of anilines is 1. The van der Waals surface area contributed by atoms with Gasteiger partial charge in [0.2, 0.25) is 15.9 Å². The third kappa shape index (κ3) is 5.82. The summed E-state index contributed by atoms with van der Waals surface area (Å²) in [6.07, 6.45) is 1.02. The molecule has 0 radical (unpaired) electrons. The van der Waals surface area contributed by atoms with Crippen LogP contribution in [0, 0.1) is 6.92 Å². The lowest BCUT2D eigenvalue weighted by Gasteiger charge is -2.22. The summed E-state index contributed by atoms with van der Waals surface area (Å²) in [5.41, 5.74) is 2.58. The summed E-state index contributed by atoms with van der Waals surface area (Å²) in [5, 5.41) is 2.72. The molecular weight excluding hydrogens is 368 g/mol. The number of esters is 1. The zero-order chi connectivity index (χ0) is 20.0. The molecule has 0 unspecified atom stereocenters. The first kappa shape index (κ1) is 20.4. The average Bonchev–Trinajstić information content (AvgIpc) is 2.63. The predicted octanol–water partition coefficient (Wildman–Crippen LogP) is 1.86. The predicted molar refractivity (Wildman–Crippen MR) is 103 cm³/mol. The number of ether oxygens (including phenoxy) is 1. The first-order valence-corrected chi connectivity index (χ1v) is 10.0. The molecule has 144 valence electrons. The largest absolute Gasteiger partial charge is 0.465 e. The summed E-state index contributed by atoms with van der Waals surface area (Å²) in [6, 6.07) is 13.5. The number of hydrogen-bond donors (Lipinski definition) is 1. The van der Waals surface area contributed by atoms with E-state index in [1.165, 1.54) is 31.4 Å². The fraction of sp³-hybridized carbons (Fsp3) is 0.263. The lowest BCUT2D eigenvalue weighted by atomic mass is 10.1. The van der Waals surface area contributed by atoms with E-state index in [1.54, 1.807) is 0 Å². The van der Waals surface area contributed by atoms with Gasteiger partial charge in [0.1, 0.15) is 6.54 Å². The standard InChI is InChI=1S/C19H22N2O5S/c1-14-5-4-6-15(11-14)12-20-18(22)13-21(27(3,24)25)17-9-7-16(8-10-17)19(23)26-2/h4-11H,12-13H2,1-3H3,(H,20,22). The van der Waals surface area contributed by atoms with Gasteiger partial charge in [-0.1, -0.05) is 29.8 Å². The van der Waals surface area contributed by atoms with Crippen LogP contribution in [0.25, 0.3) is 0 Å². The summed E-state index contributed by atoms with van der Waals surface area (Å²) < 4.78 is 29.8. The highest BCUT2D eigenvalue weighted by Crippen LogP contribution is 2.18. The summed E-state index contributed by atoms with van der Waals surface area (Å²) in [4.78, 5) is 23.8. The minimum atomic E-state index is -3.69. The van der Waals surface area contributed by atoms with Crippen LogP contribution in [0.4, 0.5) is 5.69 Å². The van der Waals surface area contributed by atoms with Crippen molar-refractivity contribution in [1.29, 1.82) is 0 Å². The van der Waals surface area contributed by atoms with E-state index < -0.39 is 21.9 Å². The summed E-state index contributed by atoms with van der Waals surface area (Å²) in [7, 11) is -2.42. The van der Waals surface area contributed by atoms with E-state index in [4.69, 9.17) is 0 Å². The number of rotatable bonds is 7. The minimum absolute atomic E-state index is 0.288. The average molecular weight is 390 g/mol. The number of aryl methyl sites for hydroxylation is 1. The molecule has 0 spiro atoms. The number of nitrogens with zero attached hydrogens (tertiary/aromatic N) is 1. The highest BCUT2D eigenvalue weighted by Gasteiger charge is 2.21. The summed E-state index contributed by atoms with van der Waals surface area (Å²) in [6.45, 7) is 1.90. The van der Waals surface area contributed by atoms with Gasteiger partial charge in [-0.25, -0.2) is 13.2 Å². The molecule has 0 bridgehead atoms. The zero-order valence-corrected chi connectivity index (χ0v) is 16.2. The molecule has 0 saturated heterocycles. The second-order valence-electron chi connectivity index (χ2n) is 6.07. The number of hydrogen-bond acceptors (Lipinski definition) is 5. The molecule has 0 aliphatic carbocycles. The second kappa shape index (κ2) is 8.68. The molecule has 27 heavy (non-hydrogen) atoms. The third-order valence-electron chi connectivity index (χ3n) is 3.84. The SMILES string of the molecule is COC(=O)c1ccc(N(CC(=O)NCc2cccc(C)c2)S(C)(=O)=O)cc1. The van der Waals surface area contributed by atoms with Gasteiger partial charge in [-0.2, -0.15) is 0 Å². The lowest BCUT2D eigenvalue weighted by Crippen LogP contribution is -2.40. The number of benzene rings is 2. The van der Waals surface area contributed by atoms with Gasteiger partial charge in [-0.05, 0) is 36.8 Å². The highest BCUT2D eigenvalue weighted by atomic mass is 32.2. The Kier molecular flexibility index (Phi) is 6.57. The van der Waals surface area contributed by atoms with Crippen molar-refractivity contribution in [2.75, 3.05) is 24.2 Å². The zero-order valence-electron chi connectivity index (χ0n) is 15.4. The number of methoxy groups -OCH3 is 1. The van der Waals surface area contributed by atoms with E-state index in [2.05, 4.69) is 10.1 Å². The monoisotopic (exact) mass is 390 g/mol. The van der Waals surface area contributed by atoms with Crippen molar-refractivity contribution in [3.8, 4) is 0 Å². The molecule has 0 aliphatic heterocycles. The van der Waals surface area contributed by atoms with Crippen LogP contribution in [0.15, 0.2) is 48.5 Å². The third-order valence-corrected chi connectivity index (χ3v) is 4.98. The number of sulfonamides is 1. The van der Waals surface area contributed by atoms with Gasteiger partial charge in [0.15, 0.2) is 0 Å². The molecule has 0 aromatic heterocycles. The number of carbonyl (C=O) groups excluding carboxylic acids is 2. The van der Waals surface area contributed by atoms with Crippen molar-refractivity contribution < 1.29 is 22.7 Å². The van der Waals surface area contributed by atoms with Crippen molar-refractivity contribution in [3.05, 3.63) is 65.2 Å². The fourth-order valence-corrected chi connectivity index (χ4v) is 3.35. The molecule has 2 aromatic rings. The van der Waals surface area contributed by atoms with Crippen LogP contribution >= 0.6 is 0 Å². The maximum Gasteiger partial charge on any atom is 0.337 e. The molecule has 0 fully saturated rings. The van der Waals surface area contributed by atoms with E-state index in [-0.39, 0.29) is 12.2 Å². The molecule has 0 atom stereocenters. The van der Waals surface area contributed by atoms with Crippen LogP contribution in [-0.4, -0.2) is 40.2 Å². The normalized spacial score (nSPS) is 10.9. The number of amides is 1. The van der Waals surface area contributed by atoms with E-state index in [0.29, 0.717) is 12.1 Å². The van der Waals surface area contributed by atoms with E-state index in [9.17, 15) is 18.0 Å². The molecular formula is C19H22N2O5S. The van der Waals surface area contributed by atoms with Gasteiger partial charge in [-0.3, -0.25) is 9.10 Å². The molecule has 8 heteroatoms. The van der Waals surface area contributed by atoms with Crippen molar-refractivity contribution in [3.63, 3.8) is 0 Å². The maximum absolute atomic E-state index is 12.3. The van der Waals surface area contributed by atoms with Crippen LogP contribution in [0.5, 0.6) is 0 Å². The van der Waals surface area contributed by atoms with Crippen molar-refractivity contribution in [1.82, 2.24) is 5.32 Å². The molecule has 7 nitrogen and oxygen atoms in total. The Morgan fingerprint density at radius 2 is 1.78 bits per heavy atom. The van der Waals surface area contributed by atoms with Crippen LogP contribution in [0.3, 0.4) is 0 Å². The molecule has 0 saturated carbocycles. The highest BCUT2D eigenvalue weighted by molar-refractivity contribution is 7.92. The van der Waals surface area contributed by atoms with Gasteiger partial charge in [-0.15, -0.1) is 0 Å². The Hall–Kier alpha value is -2.87. The molecule has 1 N–H and O–H groups in total. The Balaban J connectivity index is 2.10. The van der Waals surface area contributed by atoms with Crippen LogP contribution in [0.1, 0.15) is 21.5 Å². The van der Waals surface area contributed by atoms with Crippen LogP contribution < -0.4 is 9.62 Å². The van der Waals surface area contributed by atoms with Crippen LogP contribution in [-0.2, 0) is 26.1 Å². The Labute approximate surface area is 159 Å². The van der Waals surface area contributed by atoms with Gasteiger partial charge in [0.05, 0.1) is 24.6 Å². The van der Waals surface area contributed by atoms with Crippen molar-refractivity contribution >= 4 is 27.6 Å². The number of nitrogens with one attached hydrogen (secondary N) is 1. The molecule has 0 heterocycles. The maximum atomic E-state index is 12.3. The first-order valence-electron chi connectivity index (χ1n) is 8.19. The van der Waals surface area contributed by atoms with Crippen molar-refractivity contribution in [2.24, 2.45) is 0 Å².